The van der Waals surface area contributed by atoms with E-state index in [9.17, 15) is 13.5 Å². The van der Waals surface area contributed by atoms with E-state index in [0.29, 0.717) is 6.04 Å². The van der Waals surface area contributed by atoms with Gasteiger partial charge >= 0.3 is 0 Å². The first-order chi connectivity index (χ1) is 7.53. The molecule has 5 heteroatoms. The van der Waals surface area contributed by atoms with Gasteiger partial charge in [-0.2, -0.15) is 0 Å². The van der Waals surface area contributed by atoms with Crippen LogP contribution in [0.2, 0.25) is 0 Å². The lowest BCUT2D eigenvalue weighted by molar-refractivity contribution is 0.0891. The van der Waals surface area contributed by atoms with Crippen LogP contribution in [0.1, 0.15) is 32.1 Å². The van der Waals surface area contributed by atoms with Gasteiger partial charge < -0.3 is 5.11 Å². The van der Waals surface area contributed by atoms with E-state index in [-0.39, 0.29) is 12.4 Å². The highest BCUT2D eigenvalue weighted by molar-refractivity contribution is 7.90. The van der Waals surface area contributed by atoms with E-state index >= 15 is 0 Å². The Kier molecular flexibility index (Phi) is 5.72. The molecule has 0 unspecified atom stereocenters. The fraction of sp³-hybridized carbons (Fsp3) is 1.00. The van der Waals surface area contributed by atoms with Crippen LogP contribution in [-0.2, 0) is 9.84 Å². The molecule has 1 fully saturated rings. The molecule has 0 amide bonds. The molecular formula is C11H23NO3S. The lowest BCUT2D eigenvalue weighted by Crippen LogP contribution is -2.42. The molecule has 1 N–H and O–H groups in total. The van der Waals surface area contributed by atoms with Crippen molar-refractivity contribution in [2.75, 3.05) is 31.7 Å². The Balaban J connectivity index is 2.20. The Morgan fingerprint density at radius 1 is 1.31 bits per heavy atom. The largest absolute Gasteiger partial charge is 0.395 e. The minimum Gasteiger partial charge on any atom is -0.395 e. The zero-order valence-corrected chi connectivity index (χ0v) is 10.9. The second-order valence-electron chi connectivity index (χ2n) is 4.71. The second-order valence-corrected chi connectivity index (χ2v) is 6.96. The first kappa shape index (κ1) is 13.9. The van der Waals surface area contributed by atoms with E-state index < -0.39 is 9.84 Å². The monoisotopic (exact) mass is 249 g/mol. The fourth-order valence-electron chi connectivity index (χ4n) is 2.24. The summed E-state index contributed by atoms with van der Waals surface area (Å²) in [6, 6.07) is 0.298. The van der Waals surface area contributed by atoms with Crippen LogP contribution in [0.25, 0.3) is 0 Å². The molecule has 1 atom stereocenters. The van der Waals surface area contributed by atoms with Gasteiger partial charge in [-0.25, -0.2) is 8.42 Å². The Hall–Kier alpha value is -0.130. The normalized spacial score (nSPS) is 23.5. The summed E-state index contributed by atoms with van der Waals surface area (Å²) in [4.78, 5) is 2.30. The van der Waals surface area contributed by atoms with Crippen molar-refractivity contribution in [3.63, 3.8) is 0 Å². The van der Waals surface area contributed by atoms with Crippen LogP contribution in [0.5, 0.6) is 0 Å². The number of unbranched alkanes of at least 4 members (excludes halogenated alkanes) is 1. The number of hydrogen-bond donors (Lipinski definition) is 1. The van der Waals surface area contributed by atoms with Gasteiger partial charge in [0.1, 0.15) is 9.84 Å². The van der Waals surface area contributed by atoms with Crippen molar-refractivity contribution in [1.29, 1.82) is 0 Å². The molecule has 16 heavy (non-hydrogen) atoms. The van der Waals surface area contributed by atoms with Crippen LogP contribution in [0.15, 0.2) is 0 Å². The topological polar surface area (TPSA) is 57.6 Å². The third kappa shape index (κ3) is 5.27. The molecule has 0 aliphatic carbocycles. The van der Waals surface area contributed by atoms with Crippen LogP contribution in [0.4, 0.5) is 0 Å². The van der Waals surface area contributed by atoms with E-state index in [1.807, 2.05) is 0 Å². The van der Waals surface area contributed by atoms with Crippen molar-refractivity contribution in [3.8, 4) is 0 Å². The van der Waals surface area contributed by atoms with Gasteiger partial charge in [0.05, 0.1) is 6.61 Å². The third-order valence-electron chi connectivity index (χ3n) is 3.17. The van der Waals surface area contributed by atoms with Gasteiger partial charge in [-0.3, -0.25) is 4.90 Å². The quantitative estimate of drug-likeness (QED) is 0.703. The van der Waals surface area contributed by atoms with E-state index in [2.05, 4.69) is 4.90 Å². The number of nitrogens with zero attached hydrogens (tertiary/aromatic N) is 1. The van der Waals surface area contributed by atoms with Crippen LogP contribution in [0, 0.1) is 0 Å². The molecule has 0 saturated carbocycles. The van der Waals surface area contributed by atoms with Crippen molar-refractivity contribution >= 4 is 9.84 Å². The SMILES string of the molecule is CS(=O)(=O)CCCCN1CCCC[C@@H]1CO. The van der Waals surface area contributed by atoms with Gasteiger partial charge in [-0.1, -0.05) is 6.42 Å². The van der Waals surface area contributed by atoms with Crippen molar-refractivity contribution in [2.24, 2.45) is 0 Å². The van der Waals surface area contributed by atoms with Crippen LogP contribution in [0.3, 0.4) is 0 Å². The predicted molar refractivity (Wildman–Crippen MR) is 65.2 cm³/mol. The minimum atomic E-state index is -2.81. The number of piperidine rings is 1. The number of hydrogen-bond acceptors (Lipinski definition) is 4. The molecule has 0 bridgehead atoms. The second kappa shape index (κ2) is 6.57. The van der Waals surface area contributed by atoms with Crippen molar-refractivity contribution in [2.45, 2.75) is 38.1 Å². The molecule has 1 aliphatic rings. The highest BCUT2D eigenvalue weighted by atomic mass is 32.2. The summed E-state index contributed by atoms with van der Waals surface area (Å²) in [6.45, 7) is 2.19. The molecule has 1 saturated heterocycles. The molecule has 0 spiro atoms. The van der Waals surface area contributed by atoms with Crippen LogP contribution >= 0.6 is 0 Å². The summed E-state index contributed by atoms with van der Waals surface area (Å²) >= 11 is 0. The Labute approximate surface area is 98.6 Å². The standard InChI is InChI=1S/C11H23NO3S/c1-16(14,15)9-5-4-8-12-7-3-2-6-11(12)10-13/h11,13H,2-10H2,1H3/t11-/m1/s1. The molecule has 0 aromatic rings. The molecule has 1 aliphatic heterocycles. The Bertz CT molecular complexity index is 290. The van der Waals surface area contributed by atoms with Gasteiger partial charge in [-0.05, 0) is 38.8 Å². The van der Waals surface area contributed by atoms with E-state index in [0.717, 1.165) is 32.4 Å². The number of aliphatic hydroxyl groups excluding tert-OH is 1. The first-order valence-corrected chi connectivity index (χ1v) is 8.11. The summed E-state index contributed by atoms with van der Waals surface area (Å²) in [5.41, 5.74) is 0. The molecule has 0 aromatic carbocycles. The lowest BCUT2D eigenvalue weighted by atomic mass is 10.0. The lowest BCUT2D eigenvalue weighted by Gasteiger charge is -2.34. The maximum Gasteiger partial charge on any atom is 0.147 e. The molecular weight excluding hydrogens is 226 g/mol. The van der Waals surface area contributed by atoms with Crippen molar-refractivity contribution < 1.29 is 13.5 Å². The smallest absolute Gasteiger partial charge is 0.147 e. The average Bonchev–Trinajstić information content (AvgIpc) is 2.23. The van der Waals surface area contributed by atoms with Crippen LogP contribution in [-0.4, -0.2) is 56.2 Å². The third-order valence-corrected chi connectivity index (χ3v) is 4.20. The summed E-state index contributed by atoms with van der Waals surface area (Å²) in [5, 5.41) is 9.21. The summed E-state index contributed by atoms with van der Waals surface area (Å²) in [6.07, 6.45) is 6.39. The number of likely N-dealkylation sites (tertiary alicyclic amines) is 1. The first-order valence-electron chi connectivity index (χ1n) is 6.05. The molecule has 1 heterocycles. The summed E-state index contributed by atoms with van der Waals surface area (Å²) < 4.78 is 21.9. The van der Waals surface area contributed by atoms with E-state index in [4.69, 9.17) is 0 Å². The van der Waals surface area contributed by atoms with Gasteiger partial charge in [0, 0.05) is 18.1 Å². The molecule has 0 radical (unpaired) electrons. The van der Waals surface area contributed by atoms with Gasteiger partial charge in [-0.15, -0.1) is 0 Å². The van der Waals surface area contributed by atoms with E-state index in [1.54, 1.807) is 0 Å². The maximum atomic E-state index is 10.9. The number of rotatable bonds is 6. The van der Waals surface area contributed by atoms with Gasteiger partial charge in [0.2, 0.25) is 0 Å². The molecule has 96 valence electrons. The van der Waals surface area contributed by atoms with Crippen LogP contribution < -0.4 is 0 Å². The number of sulfone groups is 1. The Morgan fingerprint density at radius 3 is 2.69 bits per heavy atom. The minimum absolute atomic E-state index is 0.228. The fourth-order valence-corrected chi connectivity index (χ4v) is 2.97. The number of aliphatic hydroxyl groups is 1. The molecule has 0 aromatic heterocycles. The van der Waals surface area contributed by atoms with Gasteiger partial charge in [0.15, 0.2) is 0 Å². The molecule has 1 rings (SSSR count). The summed E-state index contributed by atoms with van der Waals surface area (Å²) in [5.74, 6) is 0.282. The zero-order chi connectivity index (χ0) is 12.0. The van der Waals surface area contributed by atoms with Gasteiger partial charge in [0.25, 0.3) is 0 Å². The predicted octanol–water partition coefficient (Wildman–Crippen LogP) is 0.658. The van der Waals surface area contributed by atoms with Crippen molar-refractivity contribution in [1.82, 2.24) is 4.90 Å². The maximum absolute atomic E-state index is 10.9. The van der Waals surface area contributed by atoms with Crippen molar-refractivity contribution in [3.05, 3.63) is 0 Å². The molecule has 4 nitrogen and oxygen atoms in total. The highest BCUT2D eigenvalue weighted by Gasteiger charge is 2.20. The average molecular weight is 249 g/mol. The van der Waals surface area contributed by atoms with E-state index in [1.165, 1.54) is 19.1 Å². The highest BCUT2D eigenvalue weighted by Crippen LogP contribution is 2.16. The summed E-state index contributed by atoms with van der Waals surface area (Å²) in [7, 11) is -2.81. The Morgan fingerprint density at radius 2 is 2.06 bits per heavy atom. The zero-order valence-electron chi connectivity index (χ0n) is 10.1.